The summed E-state index contributed by atoms with van der Waals surface area (Å²) < 4.78 is 0. The van der Waals surface area contributed by atoms with Gasteiger partial charge in [0.2, 0.25) is 0 Å². The standard InChI is InChI=1S/C24H29N3O/c1-3-18-13-15-19(16-14-18)25-23-21-11-7-8-12-22(21)27(24(23)28)17-26(2)20-9-5-4-6-10-20/h7-8,11-16,20H,3-6,9-10,17H2,1-2H3. The highest BCUT2D eigenvalue weighted by Gasteiger charge is 2.35. The fourth-order valence-electron chi connectivity index (χ4n) is 4.31. The summed E-state index contributed by atoms with van der Waals surface area (Å²) in [6.45, 7) is 2.76. The molecule has 0 bridgehead atoms. The van der Waals surface area contributed by atoms with Crippen LogP contribution < -0.4 is 4.90 Å². The number of para-hydroxylation sites is 1. The number of fused-ring (bicyclic) bond motifs is 1. The molecule has 0 aromatic heterocycles. The molecule has 4 nitrogen and oxygen atoms in total. The Bertz CT molecular complexity index is 866. The first-order valence-corrected chi connectivity index (χ1v) is 10.5. The third kappa shape index (κ3) is 3.74. The smallest absolute Gasteiger partial charge is 0.278 e. The van der Waals surface area contributed by atoms with Crippen molar-refractivity contribution in [3.05, 3.63) is 59.7 Å². The van der Waals surface area contributed by atoms with E-state index in [2.05, 4.69) is 31.0 Å². The number of carbonyl (C=O) groups is 1. The van der Waals surface area contributed by atoms with E-state index in [9.17, 15) is 4.79 Å². The Morgan fingerprint density at radius 2 is 1.75 bits per heavy atom. The van der Waals surface area contributed by atoms with Crippen LogP contribution >= 0.6 is 0 Å². The number of hydrogen-bond donors (Lipinski definition) is 0. The summed E-state index contributed by atoms with van der Waals surface area (Å²) in [5, 5.41) is 0. The quantitative estimate of drug-likeness (QED) is 0.742. The lowest BCUT2D eigenvalue weighted by Gasteiger charge is -2.34. The predicted molar refractivity (Wildman–Crippen MR) is 115 cm³/mol. The van der Waals surface area contributed by atoms with Crippen LogP contribution in [0.1, 0.15) is 50.2 Å². The lowest BCUT2D eigenvalue weighted by molar-refractivity contribution is -0.112. The van der Waals surface area contributed by atoms with E-state index in [0.29, 0.717) is 18.4 Å². The van der Waals surface area contributed by atoms with Crippen LogP contribution in [0.3, 0.4) is 0 Å². The van der Waals surface area contributed by atoms with Crippen LogP contribution in [0.4, 0.5) is 11.4 Å². The molecule has 2 aliphatic rings. The predicted octanol–water partition coefficient (Wildman–Crippen LogP) is 4.94. The Labute approximate surface area is 167 Å². The van der Waals surface area contributed by atoms with Crippen molar-refractivity contribution in [1.29, 1.82) is 0 Å². The van der Waals surface area contributed by atoms with Gasteiger partial charge in [0.05, 0.1) is 18.0 Å². The molecule has 4 heteroatoms. The number of anilines is 1. The maximum Gasteiger partial charge on any atom is 0.278 e. The summed E-state index contributed by atoms with van der Waals surface area (Å²) in [5.41, 5.74) is 4.57. The third-order valence-corrected chi connectivity index (χ3v) is 6.05. The molecular weight excluding hydrogens is 346 g/mol. The largest absolute Gasteiger partial charge is 0.293 e. The van der Waals surface area contributed by atoms with Crippen LogP contribution in [0, 0.1) is 0 Å². The summed E-state index contributed by atoms with van der Waals surface area (Å²) in [4.78, 5) is 22.2. The molecule has 0 atom stereocenters. The zero-order valence-electron chi connectivity index (χ0n) is 16.9. The minimum absolute atomic E-state index is 0.00317. The second-order valence-electron chi connectivity index (χ2n) is 7.92. The number of benzene rings is 2. The molecule has 1 amide bonds. The van der Waals surface area contributed by atoms with E-state index in [1.54, 1.807) is 0 Å². The third-order valence-electron chi connectivity index (χ3n) is 6.05. The van der Waals surface area contributed by atoms with E-state index in [4.69, 9.17) is 4.99 Å². The average molecular weight is 376 g/mol. The molecule has 0 radical (unpaired) electrons. The lowest BCUT2D eigenvalue weighted by atomic mass is 9.95. The minimum atomic E-state index is 0.00317. The van der Waals surface area contributed by atoms with Gasteiger partial charge in [-0.2, -0.15) is 0 Å². The van der Waals surface area contributed by atoms with Crippen molar-refractivity contribution < 1.29 is 4.79 Å². The molecule has 146 valence electrons. The van der Waals surface area contributed by atoms with Crippen LogP contribution in [0.5, 0.6) is 0 Å². The van der Waals surface area contributed by atoms with Gasteiger partial charge in [-0.3, -0.25) is 14.6 Å². The van der Waals surface area contributed by atoms with E-state index in [1.807, 2.05) is 41.3 Å². The number of amides is 1. The second-order valence-corrected chi connectivity index (χ2v) is 7.92. The molecule has 4 rings (SSSR count). The molecule has 2 aromatic carbocycles. The van der Waals surface area contributed by atoms with Gasteiger partial charge in [0.25, 0.3) is 5.91 Å². The van der Waals surface area contributed by atoms with Gasteiger partial charge >= 0.3 is 0 Å². The van der Waals surface area contributed by atoms with Crippen molar-refractivity contribution in [2.75, 3.05) is 18.6 Å². The van der Waals surface area contributed by atoms with Crippen molar-refractivity contribution >= 4 is 23.0 Å². The van der Waals surface area contributed by atoms with E-state index < -0.39 is 0 Å². The summed E-state index contributed by atoms with van der Waals surface area (Å²) in [7, 11) is 2.14. The summed E-state index contributed by atoms with van der Waals surface area (Å²) >= 11 is 0. The van der Waals surface area contributed by atoms with Crippen LogP contribution in [0.15, 0.2) is 53.5 Å². The van der Waals surface area contributed by atoms with Crippen molar-refractivity contribution in [3.63, 3.8) is 0 Å². The van der Waals surface area contributed by atoms with Gasteiger partial charge in [-0.1, -0.05) is 56.5 Å². The summed E-state index contributed by atoms with van der Waals surface area (Å²) in [6.07, 6.45) is 7.37. The van der Waals surface area contributed by atoms with E-state index in [0.717, 1.165) is 23.4 Å². The molecule has 0 N–H and O–H groups in total. The number of aryl methyl sites for hydroxylation is 1. The number of aliphatic imine (C=N–C) groups is 1. The monoisotopic (exact) mass is 375 g/mol. The van der Waals surface area contributed by atoms with Gasteiger partial charge in [0.15, 0.2) is 0 Å². The second kappa shape index (κ2) is 8.27. The van der Waals surface area contributed by atoms with Crippen LogP contribution in [0.2, 0.25) is 0 Å². The molecule has 1 aliphatic heterocycles. The van der Waals surface area contributed by atoms with Gasteiger partial charge < -0.3 is 0 Å². The number of rotatable bonds is 5. The first-order valence-electron chi connectivity index (χ1n) is 10.5. The topological polar surface area (TPSA) is 35.9 Å². The number of hydrogen-bond acceptors (Lipinski definition) is 3. The van der Waals surface area contributed by atoms with Gasteiger partial charge in [-0.15, -0.1) is 0 Å². The van der Waals surface area contributed by atoms with Crippen molar-refractivity contribution in [1.82, 2.24) is 4.90 Å². The van der Waals surface area contributed by atoms with E-state index in [-0.39, 0.29) is 5.91 Å². The van der Waals surface area contributed by atoms with Crippen molar-refractivity contribution in [2.24, 2.45) is 4.99 Å². The summed E-state index contributed by atoms with van der Waals surface area (Å²) in [5.74, 6) is 0.00317. The van der Waals surface area contributed by atoms with Gasteiger partial charge in [0.1, 0.15) is 5.71 Å². The van der Waals surface area contributed by atoms with Crippen molar-refractivity contribution in [3.8, 4) is 0 Å². The molecule has 1 saturated carbocycles. The highest BCUT2D eigenvalue weighted by molar-refractivity contribution is 6.54. The van der Waals surface area contributed by atoms with Gasteiger partial charge in [-0.05, 0) is 50.1 Å². The average Bonchev–Trinajstić information content (AvgIpc) is 3.01. The molecule has 2 aromatic rings. The molecular formula is C24H29N3O. The van der Waals surface area contributed by atoms with Gasteiger partial charge in [0, 0.05) is 11.6 Å². The molecule has 1 fully saturated rings. The highest BCUT2D eigenvalue weighted by atomic mass is 16.2. The molecule has 1 heterocycles. The van der Waals surface area contributed by atoms with Crippen molar-refractivity contribution in [2.45, 2.75) is 51.5 Å². The highest BCUT2D eigenvalue weighted by Crippen LogP contribution is 2.32. The van der Waals surface area contributed by atoms with Crippen LogP contribution in [-0.4, -0.2) is 36.3 Å². The Kier molecular flexibility index (Phi) is 5.58. The normalized spacial score (nSPS) is 18.9. The molecule has 0 saturated heterocycles. The molecule has 0 spiro atoms. The first kappa shape index (κ1) is 18.9. The molecule has 28 heavy (non-hydrogen) atoms. The maximum absolute atomic E-state index is 13.3. The zero-order valence-corrected chi connectivity index (χ0v) is 16.9. The Morgan fingerprint density at radius 1 is 1.04 bits per heavy atom. The number of nitrogens with zero attached hydrogens (tertiary/aromatic N) is 3. The fourth-order valence-corrected chi connectivity index (χ4v) is 4.31. The SMILES string of the molecule is CCc1ccc(N=C2C(=O)N(CN(C)C3CCCCC3)c3ccccc32)cc1. The first-order chi connectivity index (χ1) is 13.7. The van der Waals surface area contributed by atoms with E-state index >= 15 is 0 Å². The Balaban J connectivity index is 1.61. The minimum Gasteiger partial charge on any atom is -0.293 e. The molecule has 0 unspecified atom stereocenters. The molecule has 1 aliphatic carbocycles. The maximum atomic E-state index is 13.3. The van der Waals surface area contributed by atoms with Crippen LogP contribution in [0.25, 0.3) is 0 Å². The summed E-state index contributed by atoms with van der Waals surface area (Å²) in [6, 6.07) is 16.7. The number of carbonyl (C=O) groups excluding carboxylic acids is 1. The fraction of sp³-hybridized carbons (Fsp3) is 0.417. The zero-order chi connectivity index (χ0) is 19.5. The Morgan fingerprint density at radius 3 is 2.46 bits per heavy atom. The van der Waals surface area contributed by atoms with Crippen LogP contribution in [-0.2, 0) is 11.2 Å². The Hall–Kier alpha value is -2.46. The van der Waals surface area contributed by atoms with E-state index in [1.165, 1.54) is 37.7 Å². The van der Waals surface area contributed by atoms with Gasteiger partial charge in [-0.25, -0.2) is 4.99 Å². The lowest BCUT2D eigenvalue weighted by Crippen LogP contribution is -2.44.